The number of rotatable bonds is 9. The van der Waals surface area contributed by atoms with E-state index in [1.165, 1.54) is 58.1 Å². The van der Waals surface area contributed by atoms with Crippen LogP contribution in [0.5, 0.6) is 0 Å². The Bertz CT molecular complexity index is 3340. The first-order chi connectivity index (χ1) is 51.2. The molecule has 638 valence electrons. The molecular formula is C76H118Cl2F8N8O17Si. The van der Waals surface area contributed by atoms with Crippen molar-refractivity contribution in [2.45, 2.75) is 261 Å². The van der Waals surface area contributed by atoms with Crippen molar-refractivity contribution in [1.82, 2.24) is 40.0 Å². The van der Waals surface area contributed by atoms with Gasteiger partial charge >= 0.3 is 48.1 Å². The number of carboxylic acid groups (broad SMARTS) is 2. The number of fused-ring (bicyclic) bond motifs is 3. The maximum Gasteiger partial charge on any atom is 0.411 e. The fourth-order valence-corrected chi connectivity index (χ4v) is 13.8. The van der Waals surface area contributed by atoms with E-state index in [4.69, 9.17) is 39.9 Å². The van der Waals surface area contributed by atoms with Crippen LogP contribution in [0, 0.1) is 0 Å². The first kappa shape index (κ1) is 98.0. The number of carbonyl (C=O) groups is 8. The zero-order valence-corrected chi connectivity index (χ0v) is 69.6. The molecule has 5 N–H and O–H groups in total. The number of aliphatic carboxylic acids is 2. The number of methoxy groups -OCH3 is 2. The summed E-state index contributed by atoms with van der Waals surface area (Å²) in [7, 11) is 1.38. The summed E-state index contributed by atoms with van der Waals surface area (Å²) in [6.45, 7) is 27.5. The number of alkyl halides is 8. The molecule has 0 aromatic heterocycles. The molecule has 0 saturated carbocycles. The maximum atomic E-state index is 13.3. The number of likely N-dealkylation sites (tertiary alicyclic amines) is 6. The Kier molecular flexibility index (Phi) is 36.7. The Morgan fingerprint density at radius 1 is 0.509 bits per heavy atom. The Hall–Kier alpha value is -6.40. The molecule has 8 fully saturated rings. The molecule has 0 unspecified atom stereocenters. The molecule has 8 aliphatic heterocycles. The van der Waals surface area contributed by atoms with Gasteiger partial charge in [-0.1, -0.05) is 68.2 Å². The minimum absolute atomic E-state index is 0. The first-order valence-electron chi connectivity index (χ1n) is 37.7. The zero-order valence-electron chi connectivity index (χ0n) is 67.0. The normalized spacial score (nSPS) is 25.2. The average molecular weight is 1670 g/mol. The molecule has 3 amide bonds. The highest BCUT2D eigenvalue weighted by Crippen LogP contribution is 2.45. The number of aliphatic hydroxyl groups is 1. The molecule has 0 bridgehead atoms. The lowest BCUT2D eigenvalue weighted by Crippen LogP contribution is -2.47. The van der Waals surface area contributed by atoms with Crippen molar-refractivity contribution < 1.29 is 117 Å². The van der Waals surface area contributed by atoms with Crippen molar-refractivity contribution in [3.8, 4) is 11.1 Å². The number of ether oxygens (including phenoxy) is 6. The average Bonchev–Trinajstić information content (AvgIpc) is 1.62. The number of hydrogen-bond acceptors (Lipinski definition) is 20. The number of amides is 3. The van der Waals surface area contributed by atoms with Gasteiger partial charge in [-0.15, -0.1) is 12.4 Å². The molecule has 2 aromatic carbocycles. The number of hydrogen-bond donors (Lipinski definition) is 5. The second-order valence-corrected chi connectivity index (χ2v) is 40.6. The summed E-state index contributed by atoms with van der Waals surface area (Å²) in [6.07, 6.45) is -2.32. The van der Waals surface area contributed by atoms with Crippen LogP contribution in [0.2, 0.25) is 19.6 Å². The lowest BCUT2D eigenvalue weighted by atomic mass is 9.98. The van der Waals surface area contributed by atoms with Gasteiger partial charge in [0.15, 0.2) is 0 Å². The van der Waals surface area contributed by atoms with Crippen molar-refractivity contribution in [3.05, 3.63) is 59.7 Å². The number of nitrogens with one attached hydrogen (secondary N) is 2. The second-order valence-electron chi connectivity index (χ2n) is 33.1. The van der Waals surface area contributed by atoms with E-state index in [1.807, 2.05) is 39.0 Å². The lowest BCUT2D eigenvalue weighted by molar-refractivity contribution is -0.146. The molecule has 11 rings (SSSR count). The quantitative estimate of drug-likeness (QED) is 0.0512. The molecule has 8 atom stereocenters. The highest BCUT2D eigenvalue weighted by molar-refractivity contribution is 7.18. The van der Waals surface area contributed by atoms with Gasteiger partial charge < -0.3 is 54.4 Å². The minimum Gasteiger partial charge on any atom is -0.480 e. The van der Waals surface area contributed by atoms with Gasteiger partial charge in [-0.3, -0.25) is 39.0 Å². The van der Waals surface area contributed by atoms with Crippen LogP contribution in [0.1, 0.15) is 163 Å². The SMILES string of the molecule is CC(=O)OCC1c2ccccc2-c2ccccc21.CC(C)(C)OC(=O)N1C[C@H](N2CCC(F)(F)CC2)C[C@H]1C(=O)O.COC(=O)[C@@H]1C[C@@H](N2CCC(F)(F)CC2)CN1C(=O)OC(C)(C)C.COC(=O)[C@@H]1C[C@H](O)CN1C(=O)OC(C)(C)C.C[Si](C)(C)Cl.Cl.FC1(F)CCNCC1.O=C(O)[C@@H]1C[C@@H](N2CCC(F)(F)CC2)CN1. The van der Waals surface area contributed by atoms with E-state index >= 15 is 0 Å². The van der Waals surface area contributed by atoms with Crippen LogP contribution in [0.3, 0.4) is 0 Å². The number of halogens is 10. The smallest absolute Gasteiger partial charge is 0.411 e. The highest BCUT2D eigenvalue weighted by atomic mass is 35.6. The van der Waals surface area contributed by atoms with Crippen molar-refractivity contribution >= 4 is 79.0 Å². The number of β-amino-alcohol motifs (C(OH)–C–C–N with tert-alkyl or cyclic N) is 1. The molecule has 112 heavy (non-hydrogen) atoms. The van der Waals surface area contributed by atoms with Gasteiger partial charge in [0.1, 0.15) is 55.0 Å². The largest absolute Gasteiger partial charge is 0.480 e. The van der Waals surface area contributed by atoms with Crippen LogP contribution in [-0.2, 0) is 52.4 Å². The standard InChI is InChI=1S/C16H26F2N2O4.C16H14O2.C15H24F2N2O4.C11H19NO5.C10H16F2N2O2.C5H9F2N.C3H9ClSi.ClH/c1-15(2,3)24-14(22)20-10-11(9-12(20)13(21)23-4)19-7-5-16(17,18)6-8-19;1-11(17)18-10-16-14-8-4-2-6-12(14)13-7-3-5-9-15(13)16;1-14(2,3)23-13(22)19-9-10(8-11(19)12(20)21)18-6-4-15(16,17)5-7-18;1-11(2,3)17-10(15)12-6-7(13)5-8(12)9(14)16-4;11-10(12)1-3-14(4-2-10)7-5-8(9(15)16)13-6-7;6-5(7)1-3-8-4-2-5;1-5(2,3)4;/h11-12H,5-10H2,1-4H3;2-9,16H,10H2,1H3;10-11H,4-9H2,1-3H3,(H,20,21);7-8,13H,5-6H2,1-4H3;7-8,13H,1-6H2,(H,15,16);8H,1-4H2;1-3H3;1H/t11-,12+;;10-,11+;7-,8-;7-,8+;;;/m1.101.../s1. The van der Waals surface area contributed by atoms with E-state index < -0.39 is 120 Å². The zero-order chi connectivity index (χ0) is 83.6. The summed E-state index contributed by atoms with van der Waals surface area (Å²) < 4.78 is 134. The lowest BCUT2D eigenvalue weighted by Gasteiger charge is -2.35. The van der Waals surface area contributed by atoms with E-state index in [9.17, 15) is 83.7 Å². The summed E-state index contributed by atoms with van der Waals surface area (Å²) in [5.41, 5.74) is 2.98. The van der Waals surface area contributed by atoms with Gasteiger partial charge in [0.2, 0.25) is 0 Å². The van der Waals surface area contributed by atoms with E-state index in [-0.39, 0.29) is 152 Å². The minimum atomic E-state index is -2.65. The van der Waals surface area contributed by atoms with Crippen LogP contribution in [0.25, 0.3) is 11.1 Å². The third kappa shape index (κ3) is 32.7. The Morgan fingerprint density at radius 3 is 1.16 bits per heavy atom. The highest BCUT2D eigenvalue weighted by Gasteiger charge is 2.49. The topological polar surface area (TPSA) is 296 Å². The Morgan fingerprint density at radius 2 is 0.839 bits per heavy atom. The summed E-state index contributed by atoms with van der Waals surface area (Å²) in [6, 6.07) is 13.4. The molecule has 25 nitrogen and oxygen atoms in total. The molecule has 2 aromatic rings. The molecule has 9 aliphatic rings. The molecular weight excluding hydrogens is 1550 g/mol. The Balaban J connectivity index is 0.000000284. The van der Waals surface area contributed by atoms with Crippen molar-refractivity contribution in [3.63, 3.8) is 0 Å². The summed E-state index contributed by atoms with van der Waals surface area (Å²) in [4.78, 5) is 103. The van der Waals surface area contributed by atoms with Gasteiger partial charge in [0.05, 0.1) is 26.9 Å². The molecule has 8 saturated heterocycles. The van der Waals surface area contributed by atoms with Crippen LogP contribution >= 0.6 is 23.5 Å². The summed E-state index contributed by atoms with van der Waals surface area (Å²) in [5, 5.41) is 33.4. The Labute approximate surface area is 664 Å². The van der Waals surface area contributed by atoms with Crippen LogP contribution in [-0.4, -0.2) is 288 Å². The number of aliphatic hydroxyl groups excluding tert-OH is 1. The predicted octanol–water partition coefficient (Wildman–Crippen LogP) is 12.4. The van der Waals surface area contributed by atoms with E-state index in [0.29, 0.717) is 52.2 Å². The monoisotopic (exact) mass is 1660 g/mol. The molecule has 0 radical (unpaired) electrons. The number of piperidine rings is 4. The molecule has 8 heterocycles. The van der Waals surface area contributed by atoms with E-state index in [0.717, 1.165) is 0 Å². The number of nitrogens with zero attached hydrogens (tertiary/aromatic N) is 6. The van der Waals surface area contributed by atoms with Gasteiger partial charge in [0, 0.05) is 161 Å². The summed E-state index contributed by atoms with van der Waals surface area (Å²) >= 11 is 5.67. The van der Waals surface area contributed by atoms with E-state index in [1.54, 1.807) is 62.3 Å². The number of benzene rings is 2. The van der Waals surface area contributed by atoms with Crippen molar-refractivity contribution in [1.29, 1.82) is 0 Å². The fourth-order valence-electron chi connectivity index (χ4n) is 13.8. The van der Waals surface area contributed by atoms with Crippen LogP contribution < -0.4 is 10.6 Å². The number of carbonyl (C=O) groups excluding carboxylic acids is 6. The maximum absolute atomic E-state index is 13.3. The number of carboxylic acids is 2. The van der Waals surface area contributed by atoms with Crippen LogP contribution in [0.15, 0.2) is 48.5 Å². The summed E-state index contributed by atoms with van der Waals surface area (Å²) in [5.74, 6) is -13.2. The third-order valence-corrected chi connectivity index (χ3v) is 19.2. The van der Waals surface area contributed by atoms with Crippen LogP contribution in [0.4, 0.5) is 49.5 Å². The van der Waals surface area contributed by atoms with Gasteiger partial charge in [-0.05, 0) is 104 Å². The predicted molar refractivity (Wildman–Crippen MR) is 408 cm³/mol. The van der Waals surface area contributed by atoms with Gasteiger partial charge in [-0.2, -0.15) is 11.1 Å². The van der Waals surface area contributed by atoms with E-state index in [2.05, 4.69) is 59.3 Å². The third-order valence-electron chi connectivity index (χ3n) is 19.2. The fraction of sp³-hybridized carbons (Fsp3) is 0.737. The van der Waals surface area contributed by atoms with Crippen molar-refractivity contribution in [2.24, 2.45) is 0 Å². The molecule has 1 aliphatic carbocycles. The number of esters is 3. The van der Waals surface area contributed by atoms with Gasteiger partial charge in [0.25, 0.3) is 23.7 Å². The first-order valence-corrected chi connectivity index (χ1v) is 42.2. The van der Waals surface area contributed by atoms with Crippen molar-refractivity contribution in [2.75, 3.05) is 99.4 Å². The molecule has 36 heteroatoms. The molecule has 0 spiro atoms. The van der Waals surface area contributed by atoms with Gasteiger partial charge in [-0.25, -0.2) is 63.9 Å². The second kappa shape index (κ2) is 41.9.